The number of hydrogen-bond acceptors (Lipinski definition) is 7. The lowest BCUT2D eigenvalue weighted by molar-refractivity contribution is 0.414. The Morgan fingerprint density at radius 1 is 0.857 bits per heavy atom. The van der Waals surface area contributed by atoms with E-state index in [4.69, 9.17) is 16.6 Å². The molecule has 0 bridgehead atoms. The Kier molecular flexibility index (Phi) is 6.76. The van der Waals surface area contributed by atoms with Crippen LogP contribution in [0.4, 0.5) is 11.5 Å². The zero-order valence-corrected chi connectivity index (χ0v) is 25.0. The number of rotatable bonds is 4. The van der Waals surface area contributed by atoms with Gasteiger partial charge < -0.3 is 4.90 Å². The summed E-state index contributed by atoms with van der Waals surface area (Å²) >= 11 is 6.25. The maximum absolute atomic E-state index is 13.6. The van der Waals surface area contributed by atoms with Gasteiger partial charge in [-0.25, -0.2) is 24.3 Å². The van der Waals surface area contributed by atoms with E-state index in [1.165, 1.54) is 23.2 Å². The molecule has 4 aromatic rings. The van der Waals surface area contributed by atoms with Crippen LogP contribution in [0, 0.1) is 0 Å². The van der Waals surface area contributed by atoms with Crippen LogP contribution in [0.1, 0.15) is 49.4 Å². The second-order valence-corrected chi connectivity index (χ2v) is 11.6. The van der Waals surface area contributed by atoms with Gasteiger partial charge in [-0.15, -0.1) is 0 Å². The van der Waals surface area contributed by atoms with Crippen molar-refractivity contribution in [2.75, 3.05) is 17.0 Å². The fourth-order valence-corrected chi connectivity index (χ4v) is 6.50. The number of hydrogen-bond donors (Lipinski definition) is 0. The van der Waals surface area contributed by atoms with E-state index >= 15 is 0 Å². The number of aryl methyl sites for hydroxylation is 1. The summed E-state index contributed by atoms with van der Waals surface area (Å²) in [6.45, 7) is 0. The first-order chi connectivity index (χ1) is 20.0. The van der Waals surface area contributed by atoms with Gasteiger partial charge in [0.2, 0.25) is 0 Å². The molecule has 42 heavy (non-hydrogen) atoms. The van der Waals surface area contributed by atoms with Crippen molar-refractivity contribution in [3.8, 4) is 0 Å². The third-order valence-electron chi connectivity index (χ3n) is 8.58. The van der Waals surface area contributed by atoms with Crippen LogP contribution in [-0.4, -0.2) is 41.1 Å². The van der Waals surface area contributed by atoms with Gasteiger partial charge in [-0.1, -0.05) is 49.1 Å². The van der Waals surface area contributed by atoms with E-state index < -0.39 is 28.7 Å². The molecule has 0 N–H and O–H groups in total. The maximum Gasteiger partial charge on any atom is 0.332 e. The molecular formula is C29H33ClN8O4. The van der Waals surface area contributed by atoms with E-state index in [0.29, 0.717) is 28.0 Å². The van der Waals surface area contributed by atoms with Crippen LogP contribution in [-0.2, 0) is 28.2 Å². The van der Waals surface area contributed by atoms with E-state index in [1.807, 2.05) is 35.4 Å². The van der Waals surface area contributed by atoms with Gasteiger partial charge in [0, 0.05) is 46.2 Å². The Balaban J connectivity index is 1.72. The fraction of sp³-hybridized carbons (Fsp3) is 0.414. The summed E-state index contributed by atoms with van der Waals surface area (Å²) in [5.41, 5.74) is -0.329. The minimum absolute atomic E-state index is 0.0152. The van der Waals surface area contributed by atoms with Crippen molar-refractivity contribution in [1.82, 2.24) is 27.9 Å². The van der Waals surface area contributed by atoms with Gasteiger partial charge in [-0.2, -0.15) is 0 Å². The lowest BCUT2D eigenvalue weighted by Crippen LogP contribution is -2.46. The molecule has 12 nitrogen and oxygen atoms in total. The van der Waals surface area contributed by atoms with E-state index in [0.717, 1.165) is 46.8 Å². The zero-order valence-electron chi connectivity index (χ0n) is 24.2. The predicted octanol–water partition coefficient (Wildman–Crippen LogP) is 2.29. The van der Waals surface area contributed by atoms with Crippen LogP contribution in [0.5, 0.6) is 0 Å². The van der Waals surface area contributed by atoms with Crippen molar-refractivity contribution in [3.05, 3.63) is 88.4 Å². The van der Waals surface area contributed by atoms with Crippen molar-refractivity contribution in [2.24, 2.45) is 28.2 Å². The molecule has 1 aromatic carbocycles. The second-order valence-electron chi connectivity index (χ2n) is 11.2. The number of likely N-dealkylation sites (N-methyl/N-ethyl adjacent to an activating group) is 1. The molecule has 220 valence electrons. The van der Waals surface area contributed by atoms with Crippen molar-refractivity contribution in [3.63, 3.8) is 0 Å². The molecular weight excluding hydrogens is 560 g/mol. The average molecular weight is 593 g/mol. The molecule has 1 aliphatic heterocycles. The zero-order chi connectivity index (χ0) is 30.0. The summed E-state index contributed by atoms with van der Waals surface area (Å²) in [4.78, 5) is 60.2. The Hall–Kier alpha value is -4.32. The van der Waals surface area contributed by atoms with Crippen LogP contribution >= 0.6 is 11.6 Å². The number of anilines is 2. The second kappa shape index (κ2) is 10.2. The smallest absolute Gasteiger partial charge is 0.332 e. The number of halogens is 1. The van der Waals surface area contributed by atoms with E-state index in [2.05, 4.69) is 0 Å². The number of imidazole rings is 1. The monoisotopic (exact) mass is 592 g/mol. The summed E-state index contributed by atoms with van der Waals surface area (Å²) in [6, 6.07) is 7.38. The average Bonchev–Trinajstić information content (AvgIpc) is 3.51. The molecule has 6 rings (SSSR count). The summed E-state index contributed by atoms with van der Waals surface area (Å²) in [5, 5.41) is 2.40. The first-order valence-electron chi connectivity index (χ1n) is 14.0. The summed E-state index contributed by atoms with van der Waals surface area (Å²) in [6.07, 6.45) is 8.05. The number of aromatic nitrogens is 6. The highest BCUT2D eigenvalue weighted by Crippen LogP contribution is 2.40. The van der Waals surface area contributed by atoms with E-state index in [1.54, 1.807) is 36.8 Å². The Labute approximate surface area is 245 Å². The van der Waals surface area contributed by atoms with Gasteiger partial charge in [0.25, 0.3) is 11.1 Å². The number of nitrogens with zero attached hydrogens (tertiary/aromatic N) is 8. The number of benzene rings is 1. The van der Waals surface area contributed by atoms with E-state index in [-0.39, 0.29) is 11.4 Å². The predicted molar refractivity (Wildman–Crippen MR) is 164 cm³/mol. The normalized spacial score (nSPS) is 17.6. The molecule has 0 amide bonds. The molecule has 3 aromatic heterocycles. The highest BCUT2D eigenvalue weighted by atomic mass is 35.5. The Morgan fingerprint density at radius 3 is 2.21 bits per heavy atom. The van der Waals surface area contributed by atoms with Gasteiger partial charge in [0.15, 0.2) is 17.0 Å². The Morgan fingerprint density at radius 2 is 1.52 bits per heavy atom. The molecule has 0 saturated heterocycles. The van der Waals surface area contributed by atoms with Crippen molar-refractivity contribution < 1.29 is 0 Å². The molecule has 1 unspecified atom stereocenters. The fourth-order valence-electron chi connectivity index (χ4n) is 6.30. The molecule has 0 spiro atoms. The molecule has 0 radical (unpaired) electrons. The molecule has 1 saturated carbocycles. The minimum atomic E-state index is -0.626. The topological polar surface area (TPSA) is 112 Å². The van der Waals surface area contributed by atoms with Crippen LogP contribution < -0.4 is 32.4 Å². The van der Waals surface area contributed by atoms with Crippen LogP contribution in [0.3, 0.4) is 0 Å². The van der Waals surface area contributed by atoms with Crippen LogP contribution in [0.2, 0.25) is 5.02 Å². The summed E-state index contributed by atoms with van der Waals surface area (Å²) < 4.78 is 6.76. The van der Waals surface area contributed by atoms with E-state index in [9.17, 15) is 19.2 Å². The first-order valence-corrected chi connectivity index (χ1v) is 14.3. The SMILES string of the molecule is CN1c2c(n(C)c(=O)n(C)c2=O)N(n2c(C3CCCCC3)nc3c(=O)n(C)c(=O)n(C)c32)C1C=Cc1cccc(Cl)c1. The standard InChI is InChI=1S/C29H33ClN8O4/c1-32-20(15-14-17-10-9-13-19(30)16-17)37(25-22(32)27(40)36(5)29(42)34(25)3)38-23(18-11-7-6-8-12-18)31-21-24(38)33(2)28(41)35(4)26(21)39/h9-10,13-16,18,20H,6-8,11-12H2,1-5H3. The lowest BCUT2D eigenvalue weighted by atomic mass is 9.89. The highest BCUT2D eigenvalue weighted by Gasteiger charge is 2.42. The third kappa shape index (κ3) is 4.07. The van der Waals surface area contributed by atoms with Gasteiger partial charge in [0.05, 0.1) is 0 Å². The summed E-state index contributed by atoms with van der Waals surface area (Å²) in [7, 11) is 7.89. The quantitative estimate of drug-likeness (QED) is 0.357. The van der Waals surface area contributed by atoms with Crippen molar-refractivity contribution in [2.45, 2.75) is 44.2 Å². The van der Waals surface area contributed by atoms with Gasteiger partial charge in [0.1, 0.15) is 17.7 Å². The highest BCUT2D eigenvalue weighted by molar-refractivity contribution is 6.30. The van der Waals surface area contributed by atoms with Gasteiger partial charge in [-0.05, 0) is 36.6 Å². The lowest BCUT2D eigenvalue weighted by Gasteiger charge is -2.33. The summed E-state index contributed by atoms with van der Waals surface area (Å²) in [5.74, 6) is 0.982. The number of fused-ring (bicyclic) bond motifs is 2. The van der Waals surface area contributed by atoms with Crippen LogP contribution in [0.15, 0.2) is 49.5 Å². The molecule has 13 heteroatoms. The molecule has 2 aliphatic rings. The molecule has 1 atom stereocenters. The van der Waals surface area contributed by atoms with Crippen molar-refractivity contribution >= 4 is 40.3 Å². The first kappa shape index (κ1) is 27.8. The van der Waals surface area contributed by atoms with Gasteiger partial charge >= 0.3 is 11.4 Å². The van der Waals surface area contributed by atoms with Gasteiger partial charge in [-0.3, -0.25) is 27.9 Å². The maximum atomic E-state index is 13.6. The Bertz CT molecular complexity index is 2010. The largest absolute Gasteiger partial charge is 0.342 e. The molecule has 4 heterocycles. The van der Waals surface area contributed by atoms with Crippen LogP contribution in [0.25, 0.3) is 17.2 Å². The minimum Gasteiger partial charge on any atom is -0.342 e. The molecule has 1 fully saturated rings. The third-order valence-corrected chi connectivity index (χ3v) is 8.81. The molecule has 1 aliphatic carbocycles. The van der Waals surface area contributed by atoms with Crippen molar-refractivity contribution in [1.29, 1.82) is 0 Å².